The Hall–Kier alpha value is -2.50. The minimum atomic E-state index is -3.80. The molecule has 174 valence electrons. The van der Waals surface area contributed by atoms with E-state index in [0.29, 0.717) is 29.0 Å². The van der Waals surface area contributed by atoms with E-state index in [0.717, 1.165) is 0 Å². The second-order valence-electron chi connectivity index (χ2n) is 7.86. The monoisotopic (exact) mass is 480 g/mol. The number of aromatic amines is 1. The molecule has 1 aromatic heterocycles. The molecule has 2 amide bonds. The maximum atomic E-state index is 13.2. The molecule has 0 bridgehead atoms. The molecule has 9 nitrogen and oxygen atoms in total. The summed E-state index contributed by atoms with van der Waals surface area (Å²) in [6.07, 6.45) is 0.700. The zero-order chi connectivity index (χ0) is 23.5. The van der Waals surface area contributed by atoms with Gasteiger partial charge < -0.3 is 15.2 Å². The molecule has 1 aliphatic rings. The Bertz CT molecular complexity index is 1120. The lowest BCUT2D eigenvalue weighted by Crippen LogP contribution is -2.57. The molecule has 11 heteroatoms. The molecule has 2 atom stereocenters. The lowest BCUT2D eigenvalue weighted by molar-refractivity contribution is -0.135. The number of sulfonamides is 1. The van der Waals surface area contributed by atoms with E-state index in [9.17, 15) is 22.8 Å². The minimum Gasteiger partial charge on any atom is -0.340 e. The van der Waals surface area contributed by atoms with Crippen LogP contribution in [0, 0.1) is 12.8 Å². The smallest absolute Gasteiger partial charge is 0.305 e. The summed E-state index contributed by atoms with van der Waals surface area (Å²) >= 11 is 0.670. The zero-order valence-corrected chi connectivity index (χ0v) is 20.0. The van der Waals surface area contributed by atoms with Gasteiger partial charge in [-0.15, -0.1) is 0 Å². The average molecular weight is 481 g/mol. The van der Waals surface area contributed by atoms with Gasteiger partial charge in [-0.2, -0.15) is 4.31 Å². The molecule has 0 spiro atoms. The molecule has 1 saturated heterocycles. The van der Waals surface area contributed by atoms with Gasteiger partial charge in [-0.3, -0.25) is 14.4 Å². The predicted molar refractivity (Wildman–Crippen MR) is 122 cm³/mol. The third kappa shape index (κ3) is 5.11. The third-order valence-electron chi connectivity index (χ3n) is 5.71. The van der Waals surface area contributed by atoms with Crippen LogP contribution in [0.25, 0.3) is 0 Å². The first-order valence-electron chi connectivity index (χ1n) is 10.5. The first-order valence-corrected chi connectivity index (χ1v) is 12.7. The second-order valence-corrected chi connectivity index (χ2v) is 11.0. The van der Waals surface area contributed by atoms with E-state index >= 15 is 0 Å². The van der Waals surface area contributed by atoms with E-state index in [-0.39, 0.29) is 48.1 Å². The van der Waals surface area contributed by atoms with Crippen LogP contribution in [0.1, 0.15) is 36.3 Å². The first-order chi connectivity index (χ1) is 15.1. The number of nitrogens with zero attached hydrogens (tertiary/aromatic N) is 2. The Morgan fingerprint density at radius 1 is 1.16 bits per heavy atom. The van der Waals surface area contributed by atoms with Crippen LogP contribution < -0.4 is 10.2 Å². The van der Waals surface area contributed by atoms with Crippen LogP contribution in [-0.4, -0.2) is 66.6 Å². The number of carbonyl (C=O) groups excluding carboxylic acids is 2. The van der Waals surface area contributed by atoms with Crippen molar-refractivity contribution in [2.24, 2.45) is 5.92 Å². The molecule has 0 saturated carbocycles. The van der Waals surface area contributed by atoms with Crippen molar-refractivity contribution in [1.29, 1.82) is 0 Å². The minimum absolute atomic E-state index is 0.00915. The second kappa shape index (κ2) is 9.97. The van der Waals surface area contributed by atoms with Crippen LogP contribution in [0.3, 0.4) is 0 Å². The van der Waals surface area contributed by atoms with Crippen molar-refractivity contribution in [3.05, 3.63) is 51.3 Å². The number of hydrogen-bond donors (Lipinski definition) is 2. The summed E-state index contributed by atoms with van der Waals surface area (Å²) < 4.78 is 27.1. The van der Waals surface area contributed by atoms with E-state index in [2.05, 4.69) is 10.3 Å². The van der Waals surface area contributed by atoms with Gasteiger partial charge in [-0.05, 0) is 25.0 Å². The van der Waals surface area contributed by atoms with Gasteiger partial charge in [0.25, 0.3) is 15.9 Å². The largest absolute Gasteiger partial charge is 0.340 e. The molecule has 1 aromatic carbocycles. The van der Waals surface area contributed by atoms with Gasteiger partial charge in [0.1, 0.15) is 6.04 Å². The highest BCUT2D eigenvalue weighted by molar-refractivity contribution is 7.91. The molecule has 1 aliphatic heterocycles. The molecule has 32 heavy (non-hydrogen) atoms. The Balaban J connectivity index is 1.69. The highest BCUT2D eigenvalue weighted by atomic mass is 32.2. The molecule has 0 aliphatic carbocycles. The van der Waals surface area contributed by atoms with Crippen LogP contribution in [0.5, 0.6) is 0 Å². The van der Waals surface area contributed by atoms with Gasteiger partial charge in [0, 0.05) is 37.4 Å². The topological polar surface area (TPSA) is 120 Å². The number of nitrogens with one attached hydrogen (secondary N) is 2. The highest BCUT2D eigenvalue weighted by Gasteiger charge is 2.36. The summed E-state index contributed by atoms with van der Waals surface area (Å²) in [6.45, 7) is 6.09. The van der Waals surface area contributed by atoms with E-state index in [1.54, 1.807) is 36.1 Å². The van der Waals surface area contributed by atoms with E-state index in [1.807, 2.05) is 19.9 Å². The molecule has 1 fully saturated rings. The molecule has 0 radical (unpaired) electrons. The zero-order valence-electron chi connectivity index (χ0n) is 18.3. The SMILES string of the molecule is CCC(C)C(NC(=O)c1ccccc1)C(=O)N1CCN(S(=O)(=O)c2sc(=O)[nH]c2C)CC1. The van der Waals surface area contributed by atoms with E-state index < -0.39 is 20.9 Å². The normalized spacial score (nSPS) is 17.0. The van der Waals surface area contributed by atoms with Crippen molar-refractivity contribution >= 4 is 33.2 Å². The Kier molecular flexibility index (Phi) is 7.52. The summed E-state index contributed by atoms with van der Waals surface area (Å²) in [5.74, 6) is -0.622. The molecular formula is C21H28N4O5S2. The van der Waals surface area contributed by atoms with E-state index in [1.165, 1.54) is 4.31 Å². The van der Waals surface area contributed by atoms with Crippen LogP contribution in [0.15, 0.2) is 39.3 Å². The fourth-order valence-corrected chi connectivity index (χ4v) is 6.45. The van der Waals surface area contributed by atoms with Crippen molar-refractivity contribution in [3.63, 3.8) is 0 Å². The first kappa shape index (κ1) is 24.1. The van der Waals surface area contributed by atoms with Gasteiger partial charge in [-0.1, -0.05) is 49.8 Å². The van der Waals surface area contributed by atoms with Gasteiger partial charge >= 0.3 is 4.87 Å². The van der Waals surface area contributed by atoms with Crippen molar-refractivity contribution in [3.8, 4) is 0 Å². The number of piperazine rings is 1. The van der Waals surface area contributed by atoms with Gasteiger partial charge in [0.15, 0.2) is 4.21 Å². The Morgan fingerprint density at radius 3 is 2.31 bits per heavy atom. The maximum Gasteiger partial charge on any atom is 0.305 e. The number of aromatic nitrogens is 1. The Morgan fingerprint density at radius 2 is 1.78 bits per heavy atom. The van der Waals surface area contributed by atoms with E-state index in [4.69, 9.17) is 0 Å². The lowest BCUT2D eigenvalue weighted by atomic mass is 9.97. The van der Waals surface area contributed by atoms with Crippen molar-refractivity contribution in [1.82, 2.24) is 19.5 Å². The van der Waals surface area contributed by atoms with Crippen molar-refractivity contribution < 1.29 is 18.0 Å². The van der Waals surface area contributed by atoms with Crippen LogP contribution in [-0.2, 0) is 14.8 Å². The summed E-state index contributed by atoms with van der Waals surface area (Å²) in [5, 5.41) is 2.86. The highest BCUT2D eigenvalue weighted by Crippen LogP contribution is 2.23. The van der Waals surface area contributed by atoms with Crippen LogP contribution in [0.2, 0.25) is 0 Å². The van der Waals surface area contributed by atoms with Gasteiger partial charge in [0.2, 0.25) is 5.91 Å². The van der Waals surface area contributed by atoms with Crippen molar-refractivity contribution in [2.75, 3.05) is 26.2 Å². The lowest BCUT2D eigenvalue weighted by Gasteiger charge is -2.36. The number of carbonyl (C=O) groups is 2. The summed E-state index contributed by atoms with van der Waals surface area (Å²) in [4.78, 5) is 41.1. The summed E-state index contributed by atoms with van der Waals surface area (Å²) in [7, 11) is -3.80. The summed E-state index contributed by atoms with van der Waals surface area (Å²) in [5.41, 5.74) is 0.796. The Labute approximate surface area is 191 Å². The molecule has 2 N–H and O–H groups in total. The average Bonchev–Trinajstić information content (AvgIpc) is 3.15. The number of rotatable bonds is 7. The van der Waals surface area contributed by atoms with Crippen LogP contribution in [0.4, 0.5) is 0 Å². The molecule has 3 rings (SSSR count). The fraction of sp³-hybridized carbons (Fsp3) is 0.476. The number of amides is 2. The molecule has 2 heterocycles. The third-order valence-corrected chi connectivity index (χ3v) is 9.19. The van der Waals surface area contributed by atoms with Gasteiger partial charge in [0.05, 0.1) is 0 Å². The number of aryl methyl sites for hydroxylation is 1. The quantitative estimate of drug-likeness (QED) is 0.621. The maximum absolute atomic E-state index is 13.2. The summed E-state index contributed by atoms with van der Waals surface area (Å²) in [6, 6.07) is 8.01. The molecule has 2 unspecified atom stereocenters. The molecular weight excluding hydrogens is 452 g/mol. The van der Waals surface area contributed by atoms with Crippen LogP contribution >= 0.6 is 11.3 Å². The standard InChI is InChI=1S/C21H28N4O5S2/c1-4-14(2)17(23-18(26)16-8-6-5-7-9-16)19(27)24-10-12-25(13-11-24)32(29,30)20-15(3)22-21(28)31-20/h5-9,14,17H,4,10-13H2,1-3H3,(H,22,28)(H,23,26). The van der Waals surface area contributed by atoms with Gasteiger partial charge in [-0.25, -0.2) is 8.42 Å². The fourth-order valence-electron chi connectivity index (χ4n) is 3.60. The molecule has 2 aromatic rings. The number of benzene rings is 1. The van der Waals surface area contributed by atoms with Crippen molar-refractivity contribution in [2.45, 2.75) is 37.4 Å². The number of H-pyrrole nitrogens is 1. The number of hydrogen-bond acceptors (Lipinski definition) is 6. The predicted octanol–water partition coefficient (Wildman–Crippen LogP) is 1.42. The number of thiazole rings is 1.